The number of rotatable bonds is 14. The first-order chi connectivity index (χ1) is 14.1. The van der Waals surface area contributed by atoms with Gasteiger partial charge in [-0.2, -0.15) is 0 Å². The van der Waals surface area contributed by atoms with Gasteiger partial charge in [0.25, 0.3) is 0 Å². The highest BCUT2D eigenvalue weighted by Gasteiger charge is 2.08. The molecule has 0 atom stereocenters. The minimum Gasteiger partial charge on any atom is -0.452 e. The van der Waals surface area contributed by atoms with Crippen molar-refractivity contribution in [3.8, 4) is 17.6 Å². The van der Waals surface area contributed by atoms with Gasteiger partial charge in [0.15, 0.2) is 6.61 Å². The zero-order chi connectivity index (χ0) is 21.2. The summed E-state index contributed by atoms with van der Waals surface area (Å²) >= 11 is 0. The van der Waals surface area contributed by atoms with Gasteiger partial charge in [0, 0.05) is 25.3 Å². The highest BCUT2D eigenvalue weighted by Crippen LogP contribution is 2.13. The van der Waals surface area contributed by atoms with Gasteiger partial charge >= 0.3 is 11.9 Å². The number of halogens is 1. The molecule has 0 aliphatic heterocycles. The molecule has 1 aromatic rings. The van der Waals surface area contributed by atoms with E-state index >= 15 is 0 Å². The molecule has 5 heteroatoms. The van der Waals surface area contributed by atoms with Crippen LogP contribution in [0.1, 0.15) is 84.0 Å². The van der Waals surface area contributed by atoms with Gasteiger partial charge < -0.3 is 9.47 Å². The van der Waals surface area contributed by atoms with E-state index in [1.54, 1.807) is 0 Å². The number of ether oxygens (including phenoxy) is 2. The van der Waals surface area contributed by atoms with Crippen molar-refractivity contribution in [2.45, 2.75) is 84.0 Å². The zero-order valence-corrected chi connectivity index (χ0v) is 17.5. The molecule has 0 aromatic heterocycles. The van der Waals surface area contributed by atoms with E-state index in [-0.39, 0.29) is 31.2 Å². The molecule has 29 heavy (non-hydrogen) atoms. The lowest BCUT2D eigenvalue weighted by Crippen LogP contribution is -2.10. The van der Waals surface area contributed by atoms with E-state index in [0.29, 0.717) is 6.42 Å². The van der Waals surface area contributed by atoms with Crippen molar-refractivity contribution in [3.63, 3.8) is 0 Å². The topological polar surface area (TPSA) is 52.6 Å². The average Bonchev–Trinajstić information content (AvgIpc) is 2.69. The molecule has 0 radical (unpaired) electrons. The van der Waals surface area contributed by atoms with Gasteiger partial charge in [0.2, 0.25) is 0 Å². The van der Waals surface area contributed by atoms with Gasteiger partial charge in [0.1, 0.15) is 11.6 Å². The first kappa shape index (κ1) is 24.7. The van der Waals surface area contributed by atoms with Gasteiger partial charge in [-0.3, -0.25) is 9.59 Å². The van der Waals surface area contributed by atoms with E-state index in [1.165, 1.54) is 63.1 Å². The highest BCUT2D eigenvalue weighted by atomic mass is 19.1. The van der Waals surface area contributed by atoms with Crippen LogP contribution >= 0.6 is 0 Å². The number of benzene rings is 1. The predicted octanol–water partition coefficient (Wildman–Crippen LogP) is 5.98. The third-order valence-electron chi connectivity index (χ3n) is 4.38. The van der Waals surface area contributed by atoms with Crippen LogP contribution in [0.3, 0.4) is 0 Å². The fourth-order valence-corrected chi connectivity index (χ4v) is 2.77. The van der Waals surface area contributed by atoms with E-state index in [1.807, 2.05) is 0 Å². The van der Waals surface area contributed by atoms with Crippen LogP contribution in [0, 0.1) is 17.7 Å². The van der Waals surface area contributed by atoms with E-state index in [4.69, 9.17) is 9.47 Å². The van der Waals surface area contributed by atoms with Gasteiger partial charge in [-0.1, -0.05) is 69.8 Å². The standard InChI is InChI=1S/C24H33FO4/c1-2-3-4-5-6-7-8-9-10-11-12-19-28-23(26)17-14-18-24(27)29-22-16-13-15-21(25)20-22/h13,15-16,20H,2-10,14,17-19H2,1H3. The predicted molar refractivity (Wildman–Crippen MR) is 112 cm³/mol. The molecule has 160 valence electrons. The second kappa shape index (κ2) is 16.6. The minimum absolute atomic E-state index is 0.0652. The Kier molecular flexibility index (Phi) is 14.1. The maximum atomic E-state index is 13.0. The molecule has 0 heterocycles. The van der Waals surface area contributed by atoms with Crippen LogP contribution in [0.15, 0.2) is 24.3 Å². The summed E-state index contributed by atoms with van der Waals surface area (Å²) in [5.74, 6) is 4.67. The third-order valence-corrected chi connectivity index (χ3v) is 4.38. The van der Waals surface area contributed by atoms with Gasteiger partial charge in [-0.05, 0) is 25.0 Å². The maximum absolute atomic E-state index is 13.0. The number of unbranched alkanes of at least 4 members (excludes halogenated alkanes) is 8. The highest BCUT2D eigenvalue weighted by molar-refractivity contribution is 5.74. The van der Waals surface area contributed by atoms with Crippen LogP contribution < -0.4 is 4.74 Å². The van der Waals surface area contributed by atoms with Crippen LogP contribution in [-0.4, -0.2) is 18.5 Å². The van der Waals surface area contributed by atoms with Gasteiger partial charge in [-0.15, -0.1) is 0 Å². The molecule has 4 nitrogen and oxygen atoms in total. The summed E-state index contributed by atoms with van der Waals surface area (Å²) in [5.41, 5.74) is 0. The van der Waals surface area contributed by atoms with Crippen molar-refractivity contribution in [2.75, 3.05) is 6.61 Å². The molecule has 0 fully saturated rings. The maximum Gasteiger partial charge on any atom is 0.311 e. The Labute approximate surface area is 174 Å². The van der Waals surface area contributed by atoms with Crippen molar-refractivity contribution < 1.29 is 23.5 Å². The second-order valence-corrected chi connectivity index (χ2v) is 7.02. The Morgan fingerprint density at radius 3 is 2.31 bits per heavy atom. The summed E-state index contributed by atoms with van der Waals surface area (Å²) < 4.78 is 23.0. The monoisotopic (exact) mass is 404 g/mol. The summed E-state index contributed by atoms with van der Waals surface area (Å²) in [6, 6.07) is 5.37. The van der Waals surface area contributed by atoms with Crippen LogP contribution in [0.25, 0.3) is 0 Å². The van der Waals surface area contributed by atoms with E-state index in [9.17, 15) is 14.0 Å². The quantitative estimate of drug-likeness (QED) is 0.166. The Hall–Kier alpha value is -2.35. The molecule has 0 aliphatic rings. The van der Waals surface area contributed by atoms with E-state index in [2.05, 4.69) is 18.8 Å². The lowest BCUT2D eigenvalue weighted by atomic mass is 10.1. The molecular formula is C24H33FO4. The first-order valence-corrected chi connectivity index (χ1v) is 10.7. The number of hydrogen-bond donors (Lipinski definition) is 0. The van der Waals surface area contributed by atoms with Crippen molar-refractivity contribution in [3.05, 3.63) is 30.1 Å². The minimum atomic E-state index is -0.506. The van der Waals surface area contributed by atoms with E-state index < -0.39 is 11.8 Å². The zero-order valence-electron chi connectivity index (χ0n) is 17.5. The van der Waals surface area contributed by atoms with E-state index in [0.717, 1.165) is 18.9 Å². The Morgan fingerprint density at radius 2 is 1.59 bits per heavy atom. The van der Waals surface area contributed by atoms with Crippen molar-refractivity contribution in [1.29, 1.82) is 0 Å². The molecule has 1 rings (SSSR count). The van der Waals surface area contributed by atoms with Crippen LogP contribution in [0.5, 0.6) is 5.75 Å². The smallest absolute Gasteiger partial charge is 0.311 e. The van der Waals surface area contributed by atoms with Crippen molar-refractivity contribution in [1.82, 2.24) is 0 Å². The molecule has 0 saturated carbocycles. The number of carbonyl (C=O) groups is 2. The molecule has 0 aliphatic carbocycles. The average molecular weight is 405 g/mol. The lowest BCUT2D eigenvalue weighted by molar-refractivity contribution is -0.142. The van der Waals surface area contributed by atoms with Crippen LogP contribution in [0.4, 0.5) is 4.39 Å². The van der Waals surface area contributed by atoms with Gasteiger partial charge in [-0.25, -0.2) is 4.39 Å². The third kappa shape index (κ3) is 14.3. The summed E-state index contributed by atoms with van der Waals surface area (Å²) in [4.78, 5) is 23.3. The summed E-state index contributed by atoms with van der Waals surface area (Å²) in [6.45, 7) is 2.31. The van der Waals surface area contributed by atoms with Crippen molar-refractivity contribution >= 4 is 11.9 Å². The fraction of sp³-hybridized carbons (Fsp3) is 0.583. The molecule has 0 amide bonds. The van der Waals surface area contributed by atoms with Gasteiger partial charge in [0.05, 0.1) is 0 Å². The number of hydrogen-bond acceptors (Lipinski definition) is 4. The second-order valence-electron chi connectivity index (χ2n) is 7.02. The largest absolute Gasteiger partial charge is 0.452 e. The molecule has 1 aromatic carbocycles. The summed E-state index contributed by atoms with van der Waals surface area (Å²) in [7, 11) is 0. The molecule has 0 unspecified atom stereocenters. The van der Waals surface area contributed by atoms with Crippen LogP contribution in [-0.2, 0) is 14.3 Å². The Morgan fingerprint density at radius 1 is 0.897 bits per heavy atom. The summed E-state index contributed by atoms with van der Waals surface area (Å²) in [6.07, 6.45) is 11.5. The van der Waals surface area contributed by atoms with Crippen molar-refractivity contribution in [2.24, 2.45) is 0 Å². The molecule has 0 saturated heterocycles. The normalized spacial score (nSPS) is 10.1. The molecule has 0 bridgehead atoms. The first-order valence-electron chi connectivity index (χ1n) is 10.7. The summed E-state index contributed by atoms with van der Waals surface area (Å²) in [5, 5.41) is 0. The van der Waals surface area contributed by atoms with Crippen LogP contribution in [0.2, 0.25) is 0 Å². The molecule has 0 spiro atoms. The Balaban J connectivity index is 1.98. The lowest BCUT2D eigenvalue weighted by Gasteiger charge is -2.04. The Bertz CT molecular complexity index is 660. The molecular weight excluding hydrogens is 371 g/mol. The number of esters is 2. The molecule has 0 N–H and O–H groups in total. The fourth-order valence-electron chi connectivity index (χ4n) is 2.77. The number of carbonyl (C=O) groups excluding carboxylic acids is 2. The SMILES string of the molecule is CCCCCCCCCCC#CCOC(=O)CCCC(=O)Oc1cccc(F)c1.